The Kier molecular flexibility index (Phi) is 2.09. The van der Waals surface area contributed by atoms with E-state index < -0.39 is 5.03 Å². The third-order valence-corrected chi connectivity index (χ3v) is 1.36. The number of nitro groups is 1. The van der Waals surface area contributed by atoms with Crippen molar-refractivity contribution in [3.8, 4) is 0 Å². The molecule has 0 fully saturated rings. The number of pyridine rings is 1. The lowest BCUT2D eigenvalue weighted by Gasteiger charge is -2.05. The van der Waals surface area contributed by atoms with Crippen molar-refractivity contribution in [2.24, 2.45) is 0 Å². The molecule has 0 spiro atoms. The van der Waals surface area contributed by atoms with E-state index in [-0.39, 0.29) is 5.82 Å². The molecule has 0 aromatic carbocycles. The Hall–Kier alpha value is -1.85. The number of aryl methyl sites for hydroxylation is 1. The minimum atomic E-state index is -0.767. The highest BCUT2D eigenvalue weighted by atomic mass is 16.7. The zero-order valence-corrected chi connectivity index (χ0v) is 6.35. The van der Waals surface area contributed by atoms with E-state index in [1.54, 1.807) is 13.0 Å². The summed E-state index contributed by atoms with van der Waals surface area (Å²) in [6.45, 7) is 1.61. The first kappa shape index (κ1) is 8.25. The SMILES string of the molecule is Cc1ccc[n+]([O-])c1N[N+](=O)[O-]. The molecule has 0 bridgehead atoms. The van der Waals surface area contributed by atoms with Gasteiger partial charge in [0.25, 0.3) is 0 Å². The first-order chi connectivity index (χ1) is 5.61. The van der Waals surface area contributed by atoms with Crippen LogP contribution in [0, 0.1) is 22.2 Å². The number of hydrogen-bond acceptors (Lipinski definition) is 3. The van der Waals surface area contributed by atoms with Gasteiger partial charge in [-0.1, -0.05) is 0 Å². The molecule has 0 saturated heterocycles. The van der Waals surface area contributed by atoms with Crippen molar-refractivity contribution in [3.05, 3.63) is 39.2 Å². The Morgan fingerprint density at radius 2 is 2.33 bits per heavy atom. The van der Waals surface area contributed by atoms with Gasteiger partial charge in [0.1, 0.15) is 0 Å². The van der Waals surface area contributed by atoms with E-state index >= 15 is 0 Å². The molecule has 1 rings (SSSR count). The van der Waals surface area contributed by atoms with Gasteiger partial charge in [0, 0.05) is 11.0 Å². The van der Waals surface area contributed by atoms with E-state index in [4.69, 9.17) is 0 Å². The fourth-order valence-electron chi connectivity index (χ4n) is 0.817. The topological polar surface area (TPSA) is 82.1 Å². The molecule has 6 nitrogen and oxygen atoms in total. The van der Waals surface area contributed by atoms with Crippen molar-refractivity contribution in [2.75, 3.05) is 5.43 Å². The van der Waals surface area contributed by atoms with Gasteiger partial charge in [-0.15, -0.1) is 0 Å². The van der Waals surface area contributed by atoms with E-state index in [2.05, 4.69) is 0 Å². The normalized spacial score (nSPS) is 9.42. The average Bonchev–Trinajstić information content (AvgIpc) is 1.97. The van der Waals surface area contributed by atoms with Crippen LogP contribution in [0.3, 0.4) is 0 Å². The van der Waals surface area contributed by atoms with Gasteiger partial charge in [0.05, 0.1) is 6.20 Å². The fourth-order valence-corrected chi connectivity index (χ4v) is 0.817. The summed E-state index contributed by atoms with van der Waals surface area (Å²) in [4.78, 5) is 10.0. The molecule has 0 unspecified atom stereocenters. The average molecular weight is 169 g/mol. The van der Waals surface area contributed by atoms with Gasteiger partial charge in [-0.2, -0.15) is 0 Å². The predicted molar refractivity (Wildman–Crippen MR) is 40.8 cm³/mol. The second-order valence-electron chi connectivity index (χ2n) is 2.23. The Morgan fingerprint density at radius 3 is 2.83 bits per heavy atom. The van der Waals surface area contributed by atoms with Crippen molar-refractivity contribution in [1.29, 1.82) is 0 Å². The van der Waals surface area contributed by atoms with Crippen LogP contribution in [0.2, 0.25) is 0 Å². The first-order valence-corrected chi connectivity index (χ1v) is 3.21. The van der Waals surface area contributed by atoms with Gasteiger partial charge >= 0.3 is 5.82 Å². The van der Waals surface area contributed by atoms with Gasteiger partial charge in [-0.05, 0) is 19.1 Å². The molecule has 0 amide bonds. The molecule has 12 heavy (non-hydrogen) atoms. The molecular weight excluding hydrogens is 162 g/mol. The van der Waals surface area contributed by atoms with E-state index in [0.29, 0.717) is 10.3 Å². The maximum Gasteiger partial charge on any atom is 0.345 e. The van der Waals surface area contributed by atoms with Crippen LogP contribution in [0.4, 0.5) is 5.82 Å². The number of hydrazine groups is 1. The molecule has 1 aromatic rings. The van der Waals surface area contributed by atoms with Gasteiger partial charge in [-0.25, -0.2) is 14.8 Å². The summed E-state index contributed by atoms with van der Waals surface area (Å²) in [5.74, 6) is -0.0532. The summed E-state index contributed by atoms with van der Waals surface area (Å²) in [5.41, 5.74) is 2.35. The lowest BCUT2D eigenvalue weighted by atomic mass is 10.3. The summed E-state index contributed by atoms with van der Waals surface area (Å²) in [6, 6.07) is 3.13. The van der Waals surface area contributed by atoms with Crippen molar-refractivity contribution in [3.63, 3.8) is 0 Å². The summed E-state index contributed by atoms with van der Waals surface area (Å²) in [5, 5.41) is 20.2. The highest BCUT2D eigenvalue weighted by Crippen LogP contribution is 2.06. The molecule has 0 atom stereocenters. The zero-order valence-electron chi connectivity index (χ0n) is 6.35. The third-order valence-electron chi connectivity index (χ3n) is 1.36. The van der Waals surface area contributed by atoms with Crippen LogP contribution in [0.15, 0.2) is 18.3 Å². The number of rotatable bonds is 2. The highest BCUT2D eigenvalue weighted by Gasteiger charge is 2.13. The smallest absolute Gasteiger partial charge is 0.345 e. The molecule has 6 heteroatoms. The summed E-state index contributed by atoms with van der Waals surface area (Å²) in [6.07, 6.45) is 1.19. The minimum absolute atomic E-state index is 0.0532. The van der Waals surface area contributed by atoms with Crippen LogP contribution in [0.1, 0.15) is 5.56 Å². The molecule has 1 heterocycles. The van der Waals surface area contributed by atoms with Crippen molar-refractivity contribution < 1.29 is 9.76 Å². The molecule has 1 aromatic heterocycles. The standard InChI is InChI=1S/C6H7N3O3/c1-5-3-2-4-8(10)6(5)7-9(11)12/h2-4,7H,1H3. The van der Waals surface area contributed by atoms with Crippen molar-refractivity contribution in [1.82, 2.24) is 0 Å². The largest absolute Gasteiger partial charge is 0.710 e. The Labute approximate surface area is 68.1 Å². The van der Waals surface area contributed by atoms with Gasteiger partial charge < -0.3 is 5.21 Å². The molecule has 0 aliphatic rings. The predicted octanol–water partition coefficient (Wildman–Crippen LogP) is 0.232. The van der Waals surface area contributed by atoms with Crippen LogP contribution in [-0.4, -0.2) is 5.03 Å². The van der Waals surface area contributed by atoms with Crippen LogP contribution >= 0.6 is 0 Å². The second-order valence-corrected chi connectivity index (χ2v) is 2.23. The summed E-state index contributed by atoms with van der Waals surface area (Å²) < 4.78 is 0.415. The van der Waals surface area contributed by atoms with Crippen LogP contribution < -0.4 is 10.2 Å². The van der Waals surface area contributed by atoms with Crippen LogP contribution in [-0.2, 0) is 0 Å². The lowest BCUT2D eigenvalue weighted by Crippen LogP contribution is -2.32. The molecule has 0 aliphatic carbocycles. The molecule has 0 saturated carbocycles. The minimum Gasteiger partial charge on any atom is -0.710 e. The molecule has 0 radical (unpaired) electrons. The maximum absolute atomic E-state index is 10.9. The van der Waals surface area contributed by atoms with Crippen molar-refractivity contribution >= 4 is 5.82 Å². The number of anilines is 1. The second kappa shape index (κ2) is 3.04. The van der Waals surface area contributed by atoms with E-state index in [9.17, 15) is 15.3 Å². The fraction of sp³-hybridized carbons (Fsp3) is 0.167. The van der Waals surface area contributed by atoms with E-state index in [0.717, 1.165) is 0 Å². The molecular formula is C6H7N3O3. The number of aromatic nitrogens is 1. The van der Waals surface area contributed by atoms with E-state index in [1.807, 2.05) is 5.43 Å². The quantitative estimate of drug-likeness (QED) is 0.297. The van der Waals surface area contributed by atoms with Gasteiger partial charge in [-0.3, -0.25) is 0 Å². The van der Waals surface area contributed by atoms with Crippen LogP contribution in [0.25, 0.3) is 0 Å². The number of nitrogens with zero attached hydrogens (tertiary/aromatic N) is 2. The highest BCUT2D eigenvalue weighted by molar-refractivity contribution is 5.35. The zero-order chi connectivity index (χ0) is 9.14. The summed E-state index contributed by atoms with van der Waals surface area (Å²) in [7, 11) is 0. The monoisotopic (exact) mass is 169 g/mol. The first-order valence-electron chi connectivity index (χ1n) is 3.21. The van der Waals surface area contributed by atoms with Crippen LogP contribution in [0.5, 0.6) is 0 Å². The molecule has 64 valence electrons. The Morgan fingerprint density at radius 1 is 1.67 bits per heavy atom. The van der Waals surface area contributed by atoms with Gasteiger partial charge in [0.2, 0.25) is 5.03 Å². The maximum atomic E-state index is 10.9. The summed E-state index contributed by atoms with van der Waals surface area (Å²) >= 11 is 0. The number of nitrogens with one attached hydrogen (secondary N) is 1. The Bertz CT molecular complexity index is 293. The third kappa shape index (κ3) is 1.60. The Balaban J connectivity index is 3.04. The molecule has 0 aliphatic heterocycles. The number of hydrogen-bond donors (Lipinski definition) is 1. The lowest BCUT2D eigenvalue weighted by molar-refractivity contribution is -0.603. The van der Waals surface area contributed by atoms with Gasteiger partial charge in [0.15, 0.2) is 0 Å². The van der Waals surface area contributed by atoms with Crippen molar-refractivity contribution in [2.45, 2.75) is 6.92 Å². The molecule has 1 N–H and O–H groups in total. The van der Waals surface area contributed by atoms with E-state index in [1.165, 1.54) is 12.3 Å².